The monoisotopic (exact) mass is 425 g/mol. The molecule has 0 saturated heterocycles. The molecule has 0 fully saturated rings. The predicted molar refractivity (Wildman–Crippen MR) is 96.3 cm³/mol. The van der Waals surface area contributed by atoms with Gasteiger partial charge in [-0.25, -0.2) is 9.37 Å². The van der Waals surface area contributed by atoms with E-state index in [-0.39, 0.29) is 28.8 Å². The Morgan fingerprint density at radius 3 is 2.46 bits per heavy atom. The Hall–Kier alpha value is -2.28. The van der Waals surface area contributed by atoms with Crippen LogP contribution >= 0.6 is 15.9 Å². The van der Waals surface area contributed by atoms with Gasteiger partial charge in [-0.15, -0.1) is 0 Å². The van der Waals surface area contributed by atoms with Crippen LogP contribution in [0.4, 0.5) is 13.2 Å². The van der Waals surface area contributed by atoms with E-state index in [0.717, 1.165) is 22.2 Å². The van der Waals surface area contributed by atoms with E-state index in [4.69, 9.17) is 4.74 Å². The molecule has 0 spiro atoms. The van der Waals surface area contributed by atoms with Gasteiger partial charge in [-0.2, -0.15) is 8.78 Å². The number of benzene rings is 2. The van der Waals surface area contributed by atoms with Crippen LogP contribution in [0.3, 0.4) is 0 Å². The number of rotatable bonds is 5. The molecule has 0 atom stereocenters. The molecule has 3 rings (SSSR count). The third-order valence-corrected chi connectivity index (χ3v) is 4.57. The molecule has 0 bridgehead atoms. The second kappa shape index (κ2) is 7.53. The summed E-state index contributed by atoms with van der Waals surface area (Å²) in [7, 11) is 0. The number of nitrogens with zero attached hydrogens (tertiary/aromatic N) is 1. The second-order valence-corrected chi connectivity index (χ2v) is 6.61. The molecule has 0 radical (unpaired) electrons. The van der Waals surface area contributed by atoms with Gasteiger partial charge in [0.15, 0.2) is 0 Å². The lowest BCUT2D eigenvalue weighted by atomic mass is 9.98. The predicted octanol–water partition coefficient (Wildman–Crippen LogP) is 5.60. The Morgan fingerprint density at radius 1 is 1.15 bits per heavy atom. The van der Waals surface area contributed by atoms with Crippen LogP contribution in [0.5, 0.6) is 11.5 Å². The lowest BCUT2D eigenvalue weighted by molar-refractivity contribution is -0.0494. The second-order valence-electron chi connectivity index (χ2n) is 5.69. The molecule has 3 nitrogen and oxygen atoms in total. The summed E-state index contributed by atoms with van der Waals surface area (Å²) in [5.41, 5.74) is 1.51. The number of phenolic OH excluding ortho intramolecular Hbond substituents is 1. The Labute approximate surface area is 156 Å². The molecule has 7 heteroatoms. The molecular weight excluding hydrogens is 411 g/mol. The van der Waals surface area contributed by atoms with Gasteiger partial charge in [0, 0.05) is 22.2 Å². The molecule has 136 valence electrons. The summed E-state index contributed by atoms with van der Waals surface area (Å²) in [6.07, 6.45) is 0.661. The molecule has 0 amide bonds. The summed E-state index contributed by atoms with van der Waals surface area (Å²) in [4.78, 5) is 4.27. The van der Waals surface area contributed by atoms with Gasteiger partial charge < -0.3 is 9.84 Å². The van der Waals surface area contributed by atoms with E-state index in [9.17, 15) is 18.3 Å². The molecule has 0 unspecified atom stereocenters. The van der Waals surface area contributed by atoms with E-state index in [1.165, 1.54) is 0 Å². The fourth-order valence-corrected chi connectivity index (χ4v) is 3.14. The number of pyridine rings is 1. The average Bonchev–Trinajstić information content (AvgIpc) is 2.60. The minimum absolute atomic E-state index is 0.144. The third kappa shape index (κ3) is 3.62. The molecule has 1 aromatic heterocycles. The van der Waals surface area contributed by atoms with Crippen LogP contribution in [0.25, 0.3) is 10.9 Å². The number of alkyl halides is 2. The van der Waals surface area contributed by atoms with Crippen molar-refractivity contribution in [2.75, 3.05) is 0 Å². The SMILES string of the molecule is CCc1nc2c(F)ccc(O)c2c(OC(F)F)c1Cc1ccc(Br)cc1. The molecule has 0 aliphatic heterocycles. The van der Waals surface area contributed by atoms with Crippen molar-refractivity contribution in [1.29, 1.82) is 0 Å². The number of fused-ring (bicyclic) bond motifs is 1. The van der Waals surface area contributed by atoms with E-state index in [2.05, 4.69) is 20.9 Å². The van der Waals surface area contributed by atoms with Crippen molar-refractivity contribution in [3.63, 3.8) is 0 Å². The molecule has 1 heterocycles. The highest BCUT2D eigenvalue weighted by Crippen LogP contribution is 2.40. The zero-order valence-corrected chi connectivity index (χ0v) is 15.4. The van der Waals surface area contributed by atoms with E-state index in [0.29, 0.717) is 17.7 Å². The molecule has 3 aromatic rings. The van der Waals surface area contributed by atoms with E-state index in [1.54, 1.807) is 6.92 Å². The van der Waals surface area contributed by atoms with Crippen molar-refractivity contribution in [3.8, 4) is 11.5 Å². The first-order chi connectivity index (χ1) is 12.4. The highest BCUT2D eigenvalue weighted by molar-refractivity contribution is 9.10. The van der Waals surface area contributed by atoms with Crippen molar-refractivity contribution >= 4 is 26.8 Å². The van der Waals surface area contributed by atoms with Crippen LogP contribution in [0.15, 0.2) is 40.9 Å². The molecule has 26 heavy (non-hydrogen) atoms. The lowest BCUT2D eigenvalue weighted by Gasteiger charge is -2.18. The van der Waals surface area contributed by atoms with E-state index < -0.39 is 12.4 Å². The largest absolute Gasteiger partial charge is 0.507 e. The van der Waals surface area contributed by atoms with Gasteiger partial charge in [-0.05, 0) is 36.2 Å². The maximum Gasteiger partial charge on any atom is 0.387 e. The topological polar surface area (TPSA) is 42.4 Å². The summed E-state index contributed by atoms with van der Waals surface area (Å²) < 4.78 is 45.9. The van der Waals surface area contributed by atoms with Crippen molar-refractivity contribution in [2.45, 2.75) is 26.4 Å². The fraction of sp³-hybridized carbons (Fsp3) is 0.211. The van der Waals surface area contributed by atoms with Gasteiger partial charge >= 0.3 is 6.61 Å². The molecule has 0 aliphatic carbocycles. The Bertz CT molecular complexity index is 946. The summed E-state index contributed by atoms with van der Waals surface area (Å²) in [5, 5.41) is 10.00. The van der Waals surface area contributed by atoms with E-state index >= 15 is 0 Å². The van der Waals surface area contributed by atoms with Gasteiger partial charge in [0.05, 0.1) is 5.39 Å². The smallest absolute Gasteiger partial charge is 0.387 e. The highest BCUT2D eigenvalue weighted by atomic mass is 79.9. The molecule has 0 saturated carbocycles. The van der Waals surface area contributed by atoms with Crippen LogP contribution in [0, 0.1) is 5.82 Å². The Kier molecular flexibility index (Phi) is 5.36. The molecule has 2 aromatic carbocycles. The van der Waals surface area contributed by atoms with Crippen molar-refractivity contribution in [2.24, 2.45) is 0 Å². The number of halogens is 4. The summed E-state index contributed by atoms with van der Waals surface area (Å²) in [6, 6.07) is 9.49. The summed E-state index contributed by atoms with van der Waals surface area (Å²) in [5.74, 6) is -1.30. The number of aryl methyl sites for hydroxylation is 1. The number of phenols is 1. The van der Waals surface area contributed by atoms with Crippen LogP contribution in [0.1, 0.15) is 23.7 Å². The van der Waals surface area contributed by atoms with Crippen molar-refractivity contribution in [3.05, 3.63) is 63.5 Å². The number of aromatic hydroxyl groups is 1. The molecule has 1 N–H and O–H groups in total. The highest BCUT2D eigenvalue weighted by Gasteiger charge is 2.23. The number of hydrogen-bond acceptors (Lipinski definition) is 3. The van der Waals surface area contributed by atoms with Crippen LogP contribution in [0.2, 0.25) is 0 Å². The standard InChI is InChI=1S/C19H15BrF3NO2/c1-2-14-12(9-10-3-5-11(20)6-4-10)18(26-19(22)23)16-15(25)8-7-13(21)17(16)24-14/h3-8,19,25H,2,9H2,1H3. The Morgan fingerprint density at radius 2 is 1.85 bits per heavy atom. The van der Waals surface area contributed by atoms with Gasteiger partial charge in [0.2, 0.25) is 0 Å². The van der Waals surface area contributed by atoms with Crippen LogP contribution in [-0.2, 0) is 12.8 Å². The lowest BCUT2D eigenvalue weighted by Crippen LogP contribution is -2.10. The minimum Gasteiger partial charge on any atom is -0.507 e. The van der Waals surface area contributed by atoms with Gasteiger partial charge in [0.25, 0.3) is 0 Å². The molecular formula is C19H15BrF3NO2. The van der Waals surface area contributed by atoms with Gasteiger partial charge in [0.1, 0.15) is 22.8 Å². The third-order valence-electron chi connectivity index (χ3n) is 4.04. The van der Waals surface area contributed by atoms with Crippen LogP contribution < -0.4 is 4.74 Å². The first-order valence-electron chi connectivity index (χ1n) is 7.92. The summed E-state index contributed by atoms with van der Waals surface area (Å²) in [6.45, 7) is -1.32. The van der Waals surface area contributed by atoms with E-state index in [1.807, 2.05) is 24.3 Å². The van der Waals surface area contributed by atoms with Gasteiger partial charge in [-0.1, -0.05) is 35.0 Å². The first kappa shape index (κ1) is 18.5. The normalized spacial score (nSPS) is 11.3. The maximum absolute atomic E-state index is 14.2. The summed E-state index contributed by atoms with van der Waals surface area (Å²) >= 11 is 3.35. The zero-order chi connectivity index (χ0) is 18.8. The Balaban J connectivity index is 2.27. The van der Waals surface area contributed by atoms with Crippen molar-refractivity contribution in [1.82, 2.24) is 4.98 Å². The molecule has 0 aliphatic rings. The van der Waals surface area contributed by atoms with Gasteiger partial charge in [-0.3, -0.25) is 0 Å². The quantitative estimate of drug-likeness (QED) is 0.578. The van der Waals surface area contributed by atoms with Crippen molar-refractivity contribution < 1.29 is 23.0 Å². The minimum atomic E-state index is -3.11. The number of aromatic nitrogens is 1. The first-order valence-corrected chi connectivity index (χ1v) is 8.72. The number of ether oxygens (including phenoxy) is 1. The number of hydrogen-bond donors (Lipinski definition) is 1. The maximum atomic E-state index is 14.2. The average molecular weight is 426 g/mol. The zero-order valence-electron chi connectivity index (χ0n) is 13.8. The van der Waals surface area contributed by atoms with Crippen LogP contribution in [-0.4, -0.2) is 16.7 Å². The fourth-order valence-electron chi connectivity index (χ4n) is 2.87.